The van der Waals surface area contributed by atoms with E-state index in [0.29, 0.717) is 12.3 Å². The van der Waals surface area contributed by atoms with Crippen LogP contribution in [0, 0.1) is 11.8 Å². The molecule has 0 aromatic rings. The summed E-state index contributed by atoms with van der Waals surface area (Å²) in [5.41, 5.74) is 0. The van der Waals surface area contributed by atoms with Gasteiger partial charge in [0.25, 0.3) is 0 Å². The predicted molar refractivity (Wildman–Crippen MR) is 41.7 cm³/mol. The summed E-state index contributed by atoms with van der Waals surface area (Å²) < 4.78 is 0. The van der Waals surface area contributed by atoms with E-state index in [9.17, 15) is 5.11 Å². The molecule has 62 valence electrons. The molecule has 0 aromatic heterocycles. The van der Waals surface area contributed by atoms with Gasteiger partial charge in [0.2, 0.25) is 0 Å². The van der Waals surface area contributed by atoms with Gasteiger partial charge in [-0.2, -0.15) is 0 Å². The van der Waals surface area contributed by atoms with Crippen molar-refractivity contribution in [2.45, 2.75) is 33.3 Å². The van der Waals surface area contributed by atoms with Gasteiger partial charge in [0.05, 0.1) is 6.10 Å². The smallest absolute Gasteiger partial charge is 0.0589 e. The molecule has 0 bridgehead atoms. The van der Waals surface area contributed by atoms with Crippen LogP contribution in [0.25, 0.3) is 0 Å². The molecule has 0 saturated heterocycles. The van der Waals surface area contributed by atoms with Crippen LogP contribution in [0.15, 0.2) is 0 Å². The Kier molecular flexibility index (Phi) is 4.65. The highest BCUT2D eigenvalue weighted by molar-refractivity contribution is 4.66. The van der Waals surface area contributed by atoms with Gasteiger partial charge in [-0.15, -0.1) is 0 Å². The lowest BCUT2D eigenvalue weighted by molar-refractivity contribution is 0.0596. The topological polar surface area (TPSA) is 40.5 Å². The van der Waals surface area contributed by atoms with Crippen LogP contribution in [-0.4, -0.2) is 22.9 Å². The van der Waals surface area contributed by atoms with Gasteiger partial charge in [-0.05, 0) is 18.3 Å². The number of aliphatic hydroxyl groups is 2. The van der Waals surface area contributed by atoms with Crippen molar-refractivity contribution in [2.24, 2.45) is 11.8 Å². The molecule has 2 N–H and O–H groups in total. The summed E-state index contributed by atoms with van der Waals surface area (Å²) >= 11 is 0. The van der Waals surface area contributed by atoms with Crippen LogP contribution >= 0.6 is 0 Å². The van der Waals surface area contributed by atoms with E-state index in [-0.39, 0.29) is 18.6 Å². The summed E-state index contributed by atoms with van der Waals surface area (Å²) in [6.45, 7) is 6.10. The third-order valence-electron chi connectivity index (χ3n) is 1.85. The van der Waals surface area contributed by atoms with Crippen molar-refractivity contribution in [1.29, 1.82) is 0 Å². The van der Waals surface area contributed by atoms with Gasteiger partial charge in [0.15, 0.2) is 0 Å². The maximum atomic E-state index is 9.41. The van der Waals surface area contributed by atoms with Gasteiger partial charge < -0.3 is 10.2 Å². The van der Waals surface area contributed by atoms with Gasteiger partial charge >= 0.3 is 0 Å². The zero-order valence-corrected chi connectivity index (χ0v) is 7.04. The standard InChI is InChI=1S/C8H18O2/c1-6(2)8(10)7(3)4-5-9/h6-10H,4-5H2,1-3H3. The Balaban J connectivity index is 3.58. The third-order valence-corrected chi connectivity index (χ3v) is 1.85. The molecule has 0 radical (unpaired) electrons. The average molecular weight is 146 g/mol. The van der Waals surface area contributed by atoms with Gasteiger partial charge in [-0.3, -0.25) is 0 Å². The van der Waals surface area contributed by atoms with E-state index in [4.69, 9.17) is 5.11 Å². The van der Waals surface area contributed by atoms with Gasteiger partial charge in [0, 0.05) is 6.61 Å². The molecule has 2 atom stereocenters. The molecule has 0 heterocycles. The summed E-state index contributed by atoms with van der Waals surface area (Å²) in [7, 11) is 0. The first-order valence-electron chi connectivity index (χ1n) is 3.88. The van der Waals surface area contributed by atoms with E-state index < -0.39 is 0 Å². The fraction of sp³-hybridized carbons (Fsp3) is 1.00. The molecule has 2 heteroatoms. The summed E-state index contributed by atoms with van der Waals surface area (Å²) in [5.74, 6) is 0.506. The fourth-order valence-electron chi connectivity index (χ4n) is 1.03. The minimum atomic E-state index is -0.271. The zero-order valence-electron chi connectivity index (χ0n) is 7.04. The van der Waals surface area contributed by atoms with E-state index in [0.717, 1.165) is 0 Å². The Bertz CT molecular complexity index is 81.3. The van der Waals surface area contributed by atoms with Gasteiger partial charge in [0.1, 0.15) is 0 Å². The maximum Gasteiger partial charge on any atom is 0.0589 e. The van der Waals surface area contributed by atoms with Crippen molar-refractivity contribution < 1.29 is 10.2 Å². The summed E-state index contributed by atoms with van der Waals surface area (Å²) in [6, 6.07) is 0. The lowest BCUT2D eigenvalue weighted by Crippen LogP contribution is -2.24. The van der Waals surface area contributed by atoms with E-state index in [1.54, 1.807) is 0 Å². The van der Waals surface area contributed by atoms with Crippen LogP contribution in [0.4, 0.5) is 0 Å². The van der Waals surface area contributed by atoms with E-state index in [1.165, 1.54) is 0 Å². The molecule has 10 heavy (non-hydrogen) atoms. The minimum Gasteiger partial charge on any atom is -0.396 e. The fourth-order valence-corrected chi connectivity index (χ4v) is 1.03. The molecule has 0 amide bonds. The number of hydrogen-bond acceptors (Lipinski definition) is 2. The molecule has 2 unspecified atom stereocenters. The van der Waals surface area contributed by atoms with Crippen LogP contribution in [0.1, 0.15) is 27.2 Å². The quantitative estimate of drug-likeness (QED) is 0.621. The second kappa shape index (κ2) is 4.69. The Hall–Kier alpha value is -0.0800. The SMILES string of the molecule is CC(C)C(O)C(C)CCO. The Morgan fingerprint density at radius 3 is 2.00 bits per heavy atom. The summed E-state index contributed by atoms with van der Waals surface area (Å²) in [6.07, 6.45) is 0.423. The molecular formula is C8H18O2. The Morgan fingerprint density at radius 1 is 1.20 bits per heavy atom. The molecule has 0 aromatic carbocycles. The van der Waals surface area contributed by atoms with Crippen molar-refractivity contribution in [1.82, 2.24) is 0 Å². The molecular weight excluding hydrogens is 128 g/mol. The molecule has 0 spiro atoms. The van der Waals surface area contributed by atoms with Crippen molar-refractivity contribution in [2.75, 3.05) is 6.61 Å². The van der Waals surface area contributed by atoms with Crippen LogP contribution in [0.5, 0.6) is 0 Å². The monoisotopic (exact) mass is 146 g/mol. The second-order valence-electron chi connectivity index (χ2n) is 3.22. The minimum absolute atomic E-state index is 0.172. The zero-order chi connectivity index (χ0) is 8.15. The first kappa shape index (κ1) is 9.92. The van der Waals surface area contributed by atoms with Crippen molar-refractivity contribution in [3.8, 4) is 0 Å². The van der Waals surface area contributed by atoms with E-state index in [2.05, 4.69) is 0 Å². The lowest BCUT2D eigenvalue weighted by atomic mass is 9.93. The highest BCUT2D eigenvalue weighted by Gasteiger charge is 2.16. The average Bonchev–Trinajstić information content (AvgIpc) is 1.87. The number of rotatable bonds is 4. The Labute approximate surface area is 62.9 Å². The molecule has 0 rings (SSSR count). The summed E-state index contributed by atoms with van der Waals surface area (Å²) in [4.78, 5) is 0. The Morgan fingerprint density at radius 2 is 1.70 bits per heavy atom. The van der Waals surface area contributed by atoms with E-state index in [1.807, 2.05) is 20.8 Å². The highest BCUT2D eigenvalue weighted by Crippen LogP contribution is 2.14. The first-order valence-corrected chi connectivity index (χ1v) is 3.88. The van der Waals surface area contributed by atoms with E-state index >= 15 is 0 Å². The largest absolute Gasteiger partial charge is 0.396 e. The van der Waals surface area contributed by atoms with Crippen molar-refractivity contribution >= 4 is 0 Å². The second-order valence-corrected chi connectivity index (χ2v) is 3.22. The highest BCUT2D eigenvalue weighted by atomic mass is 16.3. The molecule has 0 fully saturated rings. The number of aliphatic hydroxyl groups excluding tert-OH is 2. The molecule has 0 aliphatic heterocycles. The third kappa shape index (κ3) is 3.18. The summed E-state index contributed by atoms with van der Waals surface area (Å²) in [5, 5.41) is 18.0. The molecule has 2 nitrogen and oxygen atoms in total. The van der Waals surface area contributed by atoms with Gasteiger partial charge in [-0.1, -0.05) is 20.8 Å². The van der Waals surface area contributed by atoms with Crippen LogP contribution in [0.2, 0.25) is 0 Å². The van der Waals surface area contributed by atoms with Crippen molar-refractivity contribution in [3.05, 3.63) is 0 Å². The van der Waals surface area contributed by atoms with Crippen LogP contribution in [0.3, 0.4) is 0 Å². The first-order chi connectivity index (χ1) is 4.59. The maximum absolute atomic E-state index is 9.41. The lowest BCUT2D eigenvalue weighted by Gasteiger charge is -2.20. The molecule has 0 aliphatic carbocycles. The van der Waals surface area contributed by atoms with Crippen LogP contribution < -0.4 is 0 Å². The normalized spacial score (nSPS) is 17.4. The number of hydrogen-bond donors (Lipinski definition) is 2. The van der Waals surface area contributed by atoms with Crippen molar-refractivity contribution in [3.63, 3.8) is 0 Å². The predicted octanol–water partition coefficient (Wildman–Crippen LogP) is 1.02. The molecule has 0 saturated carbocycles. The molecule has 0 aliphatic rings. The van der Waals surface area contributed by atoms with Gasteiger partial charge in [-0.25, -0.2) is 0 Å². The van der Waals surface area contributed by atoms with Crippen LogP contribution in [-0.2, 0) is 0 Å².